The average Bonchev–Trinajstić information content (AvgIpc) is 2.10. The van der Waals surface area contributed by atoms with Crippen LogP contribution in [0.2, 0.25) is 15.1 Å². The first-order valence-electron chi connectivity index (χ1n) is 3.95. The molecule has 0 radical (unpaired) electrons. The van der Waals surface area contributed by atoms with E-state index in [0.717, 1.165) is 0 Å². The molecule has 2 nitrogen and oxygen atoms in total. The molecule has 0 aromatic heterocycles. The molecule has 1 aromatic carbocycles. The summed E-state index contributed by atoms with van der Waals surface area (Å²) in [4.78, 5) is 1.64. The molecule has 0 bridgehead atoms. The van der Waals surface area contributed by atoms with Crippen LogP contribution in [0.5, 0.6) is 5.75 Å². The third-order valence-corrected chi connectivity index (χ3v) is 2.75. The van der Waals surface area contributed by atoms with Gasteiger partial charge >= 0.3 is 0 Å². The highest BCUT2D eigenvalue weighted by Crippen LogP contribution is 2.35. The number of ether oxygens (including phenoxy) is 1. The molecule has 0 saturated carbocycles. The van der Waals surface area contributed by atoms with Crippen LogP contribution in [0.3, 0.4) is 0 Å². The molecule has 0 fully saturated rings. The molecule has 0 aliphatic carbocycles. The molecule has 6 heteroatoms. The molecule has 0 amide bonds. The third kappa shape index (κ3) is 3.38. The lowest BCUT2D eigenvalue weighted by Crippen LogP contribution is -2.25. The van der Waals surface area contributed by atoms with Crippen molar-refractivity contribution >= 4 is 52.2 Å². The van der Waals surface area contributed by atoms with Crippen molar-refractivity contribution in [2.45, 2.75) is 0 Å². The molecule has 0 spiro atoms. The molecule has 0 atom stereocenters. The van der Waals surface area contributed by atoms with Gasteiger partial charge in [-0.2, -0.15) is 0 Å². The normalized spacial score (nSPS) is 9.93. The van der Waals surface area contributed by atoms with E-state index in [1.54, 1.807) is 31.1 Å². The Kier molecular flexibility index (Phi) is 4.46. The predicted molar refractivity (Wildman–Crippen MR) is 68.4 cm³/mol. The molecule has 1 rings (SSSR count). The van der Waals surface area contributed by atoms with Gasteiger partial charge in [0, 0.05) is 19.1 Å². The van der Waals surface area contributed by atoms with Crippen molar-refractivity contribution in [3.05, 3.63) is 27.2 Å². The second-order valence-corrected chi connectivity index (χ2v) is 4.56. The van der Waals surface area contributed by atoms with Crippen molar-refractivity contribution < 1.29 is 4.74 Å². The van der Waals surface area contributed by atoms with Gasteiger partial charge < -0.3 is 9.64 Å². The van der Waals surface area contributed by atoms with Crippen LogP contribution in [0, 0.1) is 0 Å². The minimum Gasteiger partial charge on any atom is -0.429 e. The van der Waals surface area contributed by atoms with Crippen LogP contribution in [0.15, 0.2) is 12.1 Å². The lowest BCUT2D eigenvalue weighted by atomic mass is 10.3. The Morgan fingerprint density at radius 3 is 2.07 bits per heavy atom. The van der Waals surface area contributed by atoms with E-state index in [2.05, 4.69) is 0 Å². The Balaban J connectivity index is 3.00. The minimum absolute atomic E-state index is 0.279. The summed E-state index contributed by atoms with van der Waals surface area (Å²) in [6.45, 7) is 0. The maximum atomic E-state index is 5.91. The summed E-state index contributed by atoms with van der Waals surface area (Å²) >= 11 is 22.5. The Bertz CT molecular complexity index is 372. The van der Waals surface area contributed by atoms with Crippen molar-refractivity contribution in [3.63, 3.8) is 0 Å². The van der Waals surface area contributed by atoms with Crippen molar-refractivity contribution in [3.8, 4) is 5.75 Å². The van der Waals surface area contributed by atoms with Gasteiger partial charge in [-0.3, -0.25) is 0 Å². The van der Waals surface area contributed by atoms with E-state index in [0.29, 0.717) is 20.8 Å². The van der Waals surface area contributed by atoms with E-state index < -0.39 is 0 Å². The monoisotopic (exact) mass is 283 g/mol. The van der Waals surface area contributed by atoms with Crippen molar-refractivity contribution in [2.75, 3.05) is 14.1 Å². The van der Waals surface area contributed by atoms with E-state index in [-0.39, 0.29) is 5.17 Å². The standard InChI is InChI=1S/C9H8Cl3NOS/c1-13(2)9(15)14-8-6(11)3-5(10)4-7(8)12/h3-4H,1-2H3. The number of rotatable bonds is 1. The highest BCUT2D eigenvalue weighted by Gasteiger charge is 2.12. The number of halogens is 3. The lowest BCUT2D eigenvalue weighted by molar-refractivity contribution is 0.450. The number of hydrogen-bond acceptors (Lipinski definition) is 2. The van der Waals surface area contributed by atoms with Gasteiger partial charge in [0.25, 0.3) is 5.17 Å². The van der Waals surface area contributed by atoms with Gasteiger partial charge in [0.15, 0.2) is 5.75 Å². The zero-order valence-corrected chi connectivity index (χ0v) is 11.1. The Morgan fingerprint density at radius 2 is 1.67 bits per heavy atom. The third-order valence-electron chi connectivity index (χ3n) is 1.52. The van der Waals surface area contributed by atoms with Crippen LogP contribution < -0.4 is 4.74 Å². The molecule has 0 aliphatic heterocycles. The number of benzene rings is 1. The van der Waals surface area contributed by atoms with Crippen LogP contribution in [0.1, 0.15) is 0 Å². The first kappa shape index (κ1) is 12.8. The van der Waals surface area contributed by atoms with Crippen LogP contribution in [0.25, 0.3) is 0 Å². The number of nitrogens with zero attached hydrogens (tertiary/aromatic N) is 1. The summed E-state index contributed by atoms with van der Waals surface area (Å²) in [5.74, 6) is 0.321. The van der Waals surface area contributed by atoms with Crippen LogP contribution in [-0.4, -0.2) is 24.2 Å². The summed E-state index contributed by atoms with van der Waals surface area (Å²) in [5.41, 5.74) is 0. The molecule has 82 valence electrons. The largest absolute Gasteiger partial charge is 0.429 e. The van der Waals surface area contributed by atoms with Crippen LogP contribution in [0.4, 0.5) is 0 Å². The number of thiocarbonyl (C=S) groups is 1. The second-order valence-electron chi connectivity index (χ2n) is 2.96. The smallest absolute Gasteiger partial charge is 0.264 e. The van der Waals surface area contributed by atoms with E-state index >= 15 is 0 Å². The second kappa shape index (κ2) is 5.21. The zero-order valence-electron chi connectivity index (χ0n) is 8.05. The van der Waals surface area contributed by atoms with E-state index in [4.69, 9.17) is 51.8 Å². The molecule has 0 heterocycles. The molecule has 1 aromatic rings. The van der Waals surface area contributed by atoms with Gasteiger partial charge in [0.1, 0.15) is 0 Å². The molecule has 0 N–H and O–H groups in total. The maximum Gasteiger partial charge on any atom is 0.264 e. The lowest BCUT2D eigenvalue weighted by Gasteiger charge is -2.15. The highest BCUT2D eigenvalue weighted by molar-refractivity contribution is 7.80. The van der Waals surface area contributed by atoms with Crippen LogP contribution >= 0.6 is 47.0 Å². The SMILES string of the molecule is CN(C)C(=S)Oc1c(Cl)cc(Cl)cc1Cl. The topological polar surface area (TPSA) is 12.5 Å². The van der Waals surface area contributed by atoms with Gasteiger partial charge in [-0.25, -0.2) is 0 Å². The van der Waals surface area contributed by atoms with Gasteiger partial charge in [-0.15, -0.1) is 0 Å². The van der Waals surface area contributed by atoms with Crippen molar-refractivity contribution in [2.24, 2.45) is 0 Å². The van der Waals surface area contributed by atoms with Gasteiger partial charge in [-0.05, 0) is 24.4 Å². The summed E-state index contributed by atoms with van der Waals surface area (Å²) < 4.78 is 5.33. The molecular weight excluding hydrogens is 277 g/mol. The summed E-state index contributed by atoms with van der Waals surface area (Å²) in [5, 5.41) is 1.39. The van der Waals surface area contributed by atoms with Gasteiger partial charge in [0.05, 0.1) is 10.0 Å². The molecular formula is C9H8Cl3NOS. The average molecular weight is 285 g/mol. The van der Waals surface area contributed by atoms with Crippen LogP contribution in [-0.2, 0) is 0 Å². The summed E-state index contributed by atoms with van der Waals surface area (Å²) in [7, 11) is 3.53. The van der Waals surface area contributed by atoms with E-state index in [1.165, 1.54) is 0 Å². The molecule has 0 unspecified atom stereocenters. The minimum atomic E-state index is 0.279. The Labute approximate surface area is 109 Å². The first-order valence-corrected chi connectivity index (χ1v) is 5.49. The maximum absolute atomic E-state index is 5.91. The molecule has 0 saturated heterocycles. The highest BCUT2D eigenvalue weighted by atomic mass is 35.5. The Hall–Kier alpha value is -0.220. The van der Waals surface area contributed by atoms with Crippen molar-refractivity contribution in [1.82, 2.24) is 4.90 Å². The molecule has 15 heavy (non-hydrogen) atoms. The fourth-order valence-electron chi connectivity index (χ4n) is 0.805. The van der Waals surface area contributed by atoms with Gasteiger partial charge in [-0.1, -0.05) is 34.8 Å². The summed E-state index contributed by atoms with van der Waals surface area (Å²) in [6.07, 6.45) is 0. The predicted octanol–water partition coefficient (Wildman–Crippen LogP) is 3.87. The number of hydrogen-bond donors (Lipinski definition) is 0. The zero-order chi connectivity index (χ0) is 11.6. The summed E-state index contributed by atoms with van der Waals surface area (Å²) in [6, 6.07) is 3.09. The quantitative estimate of drug-likeness (QED) is 0.726. The van der Waals surface area contributed by atoms with Gasteiger partial charge in [0.2, 0.25) is 0 Å². The fourth-order valence-corrected chi connectivity index (χ4v) is 1.78. The molecule has 0 aliphatic rings. The van der Waals surface area contributed by atoms with E-state index in [9.17, 15) is 0 Å². The van der Waals surface area contributed by atoms with E-state index in [1.807, 2.05) is 0 Å². The van der Waals surface area contributed by atoms with Crippen molar-refractivity contribution in [1.29, 1.82) is 0 Å². The fraction of sp³-hybridized carbons (Fsp3) is 0.222. The Morgan fingerprint density at radius 1 is 1.20 bits per heavy atom. The first-order chi connectivity index (χ1) is 6.91.